The van der Waals surface area contributed by atoms with Gasteiger partial charge in [0.1, 0.15) is 0 Å². The standard InChI is InChI=1S/C24H22N2O3/c27-20(26(18-7-3-1-4-8-18)19-9-5-2-6-10-19)13-14-25-23(28)21-16-11-12-17(15-16)22(21)24(25)29/h1-12,16-17,21-22H,13-15H2/t16-,17-,21-,22+/m0/s1. The number of fused-ring (bicyclic) bond motifs is 5. The molecule has 5 heteroatoms. The summed E-state index contributed by atoms with van der Waals surface area (Å²) in [6, 6.07) is 18.9. The second-order valence-electron chi connectivity index (χ2n) is 7.98. The van der Waals surface area contributed by atoms with E-state index in [4.69, 9.17) is 0 Å². The highest BCUT2D eigenvalue weighted by Crippen LogP contribution is 2.52. The zero-order valence-electron chi connectivity index (χ0n) is 16.0. The summed E-state index contributed by atoms with van der Waals surface area (Å²) >= 11 is 0. The molecule has 2 fully saturated rings. The molecule has 1 saturated heterocycles. The summed E-state index contributed by atoms with van der Waals surface area (Å²) in [7, 11) is 0. The van der Waals surface area contributed by atoms with Gasteiger partial charge in [-0.25, -0.2) is 0 Å². The largest absolute Gasteiger partial charge is 0.282 e. The summed E-state index contributed by atoms with van der Waals surface area (Å²) < 4.78 is 0. The van der Waals surface area contributed by atoms with Crippen molar-refractivity contribution in [1.82, 2.24) is 4.90 Å². The molecule has 0 unspecified atom stereocenters. The zero-order chi connectivity index (χ0) is 20.0. The van der Waals surface area contributed by atoms with Crippen molar-refractivity contribution < 1.29 is 14.4 Å². The summed E-state index contributed by atoms with van der Waals surface area (Å²) in [5, 5.41) is 0. The molecule has 2 aromatic rings. The lowest BCUT2D eigenvalue weighted by molar-refractivity contribution is -0.140. The van der Waals surface area contributed by atoms with E-state index in [-0.39, 0.29) is 54.4 Å². The number of hydrogen-bond acceptors (Lipinski definition) is 3. The molecule has 4 atom stereocenters. The molecule has 1 saturated carbocycles. The molecule has 0 N–H and O–H groups in total. The van der Waals surface area contributed by atoms with Gasteiger partial charge in [0.15, 0.2) is 0 Å². The lowest BCUT2D eigenvalue weighted by Gasteiger charge is -2.24. The molecule has 2 aliphatic carbocycles. The van der Waals surface area contributed by atoms with E-state index in [0.29, 0.717) is 0 Å². The molecule has 0 radical (unpaired) electrons. The van der Waals surface area contributed by atoms with Crippen molar-refractivity contribution in [2.75, 3.05) is 11.4 Å². The summed E-state index contributed by atoms with van der Waals surface area (Å²) in [5.74, 6) is -0.397. The van der Waals surface area contributed by atoms with Gasteiger partial charge in [-0.2, -0.15) is 0 Å². The Morgan fingerprint density at radius 1 is 0.828 bits per heavy atom. The normalized spacial score (nSPS) is 26.8. The Balaban J connectivity index is 1.34. The highest BCUT2D eigenvalue weighted by Gasteiger charge is 2.59. The van der Waals surface area contributed by atoms with Gasteiger partial charge >= 0.3 is 0 Å². The monoisotopic (exact) mass is 386 g/mol. The number of hydrogen-bond donors (Lipinski definition) is 0. The maximum absolute atomic E-state index is 13.2. The van der Waals surface area contributed by atoms with E-state index in [1.807, 2.05) is 60.7 Å². The highest BCUT2D eigenvalue weighted by molar-refractivity contribution is 6.07. The van der Waals surface area contributed by atoms with Crippen LogP contribution in [0.1, 0.15) is 12.8 Å². The van der Waals surface area contributed by atoms with Crippen LogP contribution in [0.4, 0.5) is 11.4 Å². The van der Waals surface area contributed by atoms with Gasteiger partial charge in [0.2, 0.25) is 17.7 Å². The molecule has 3 amide bonds. The maximum Gasteiger partial charge on any atom is 0.233 e. The lowest BCUT2D eigenvalue weighted by atomic mass is 9.85. The summed E-state index contributed by atoms with van der Waals surface area (Å²) in [6.07, 6.45) is 5.18. The quantitative estimate of drug-likeness (QED) is 0.583. The predicted octanol–water partition coefficient (Wildman–Crippen LogP) is 3.55. The van der Waals surface area contributed by atoms with Crippen LogP contribution in [0.25, 0.3) is 0 Å². The van der Waals surface area contributed by atoms with Crippen LogP contribution in [0.15, 0.2) is 72.8 Å². The third-order valence-electron chi connectivity index (χ3n) is 6.39. The molecule has 3 aliphatic rings. The SMILES string of the molecule is O=C1[C@@H]2[C@H](C(=O)N1CCC(=O)N(c1ccccc1)c1ccccc1)[C@H]1C=C[C@H]2C1. The fourth-order valence-electron chi connectivity index (χ4n) is 5.09. The number of carbonyl (C=O) groups excluding carboxylic acids is 3. The van der Waals surface area contributed by atoms with Crippen LogP contribution in [0.2, 0.25) is 0 Å². The first-order chi connectivity index (χ1) is 14.1. The fourth-order valence-corrected chi connectivity index (χ4v) is 5.09. The minimum atomic E-state index is -0.216. The number of amides is 3. The van der Waals surface area contributed by atoms with Gasteiger partial charge in [-0.1, -0.05) is 48.6 Å². The Morgan fingerprint density at radius 2 is 1.31 bits per heavy atom. The van der Waals surface area contributed by atoms with Crippen molar-refractivity contribution in [3.05, 3.63) is 72.8 Å². The third-order valence-corrected chi connectivity index (χ3v) is 6.39. The number of carbonyl (C=O) groups is 3. The summed E-state index contributed by atoms with van der Waals surface area (Å²) in [5.41, 5.74) is 1.53. The fraction of sp³-hybridized carbons (Fsp3) is 0.292. The van der Waals surface area contributed by atoms with Gasteiger partial charge in [-0.3, -0.25) is 24.2 Å². The Bertz CT molecular complexity index is 916. The number of rotatable bonds is 5. The van der Waals surface area contributed by atoms with E-state index in [1.165, 1.54) is 4.90 Å². The minimum Gasteiger partial charge on any atom is -0.282 e. The molecule has 146 valence electrons. The van der Waals surface area contributed by atoms with E-state index < -0.39 is 0 Å². The Hall–Kier alpha value is -3.21. The number of nitrogens with zero attached hydrogens (tertiary/aromatic N) is 2. The van der Waals surface area contributed by atoms with Crippen molar-refractivity contribution >= 4 is 29.1 Å². The van der Waals surface area contributed by atoms with Crippen molar-refractivity contribution in [3.8, 4) is 0 Å². The van der Waals surface area contributed by atoms with Gasteiger partial charge in [-0.15, -0.1) is 0 Å². The van der Waals surface area contributed by atoms with Crippen molar-refractivity contribution in [2.24, 2.45) is 23.7 Å². The number of likely N-dealkylation sites (tertiary alicyclic amines) is 1. The van der Waals surface area contributed by atoms with Crippen LogP contribution < -0.4 is 4.90 Å². The average molecular weight is 386 g/mol. The number of benzene rings is 2. The molecular weight excluding hydrogens is 364 g/mol. The van der Waals surface area contributed by atoms with Crippen LogP contribution in [-0.2, 0) is 14.4 Å². The molecular formula is C24H22N2O3. The topological polar surface area (TPSA) is 57.7 Å². The van der Waals surface area contributed by atoms with E-state index in [9.17, 15) is 14.4 Å². The third kappa shape index (κ3) is 2.89. The minimum absolute atomic E-state index is 0.101. The number of allylic oxidation sites excluding steroid dienone is 2. The number of anilines is 2. The predicted molar refractivity (Wildman–Crippen MR) is 109 cm³/mol. The van der Waals surface area contributed by atoms with Crippen LogP contribution in [0.5, 0.6) is 0 Å². The van der Waals surface area contributed by atoms with Crippen molar-refractivity contribution in [3.63, 3.8) is 0 Å². The van der Waals surface area contributed by atoms with E-state index in [2.05, 4.69) is 12.2 Å². The van der Waals surface area contributed by atoms with E-state index >= 15 is 0 Å². The van der Waals surface area contributed by atoms with Crippen LogP contribution in [0, 0.1) is 23.7 Å². The maximum atomic E-state index is 13.2. The second kappa shape index (κ2) is 6.99. The first kappa shape index (κ1) is 17.9. The molecule has 5 rings (SSSR count). The van der Waals surface area contributed by atoms with Gasteiger partial charge in [-0.05, 0) is 42.5 Å². The van der Waals surface area contributed by atoms with Crippen molar-refractivity contribution in [2.45, 2.75) is 12.8 Å². The molecule has 2 bridgehead atoms. The Morgan fingerprint density at radius 3 is 1.79 bits per heavy atom. The van der Waals surface area contributed by atoms with Crippen molar-refractivity contribution in [1.29, 1.82) is 0 Å². The molecule has 1 aliphatic heterocycles. The molecule has 29 heavy (non-hydrogen) atoms. The van der Waals surface area contributed by atoms with E-state index in [0.717, 1.165) is 17.8 Å². The molecule has 0 spiro atoms. The van der Waals surface area contributed by atoms with Crippen LogP contribution >= 0.6 is 0 Å². The van der Waals surface area contributed by atoms with Gasteiger partial charge < -0.3 is 0 Å². The average Bonchev–Trinajstić information content (AvgIpc) is 3.43. The number of imide groups is 1. The van der Waals surface area contributed by atoms with Gasteiger partial charge in [0.05, 0.1) is 11.8 Å². The smallest absolute Gasteiger partial charge is 0.233 e. The Labute approximate surface area is 169 Å². The van der Waals surface area contributed by atoms with Crippen LogP contribution in [0.3, 0.4) is 0 Å². The number of para-hydroxylation sites is 2. The van der Waals surface area contributed by atoms with E-state index in [1.54, 1.807) is 4.90 Å². The zero-order valence-corrected chi connectivity index (χ0v) is 16.0. The Kier molecular flexibility index (Phi) is 4.31. The summed E-state index contributed by atoms with van der Waals surface area (Å²) in [4.78, 5) is 41.9. The first-order valence-electron chi connectivity index (χ1n) is 10.1. The lowest BCUT2D eigenvalue weighted by Crippen LogP contribution is -2.37. The molecule has 5 nitrogen and oxygen atoms in total. The van der Waals surface area contributed by atoms with Gasteiger partial charge in [0.25, 0.3) is 0 Å². The first-order valence-corrected chi connectivity index (χ1v) is 10.1. The van der Waals surface area contributed by atoms with Gasteiger partial charge in [0, 0.05) is 24.3 Å². The highest BCUT2D eigenvalue weighted by atomic mass is 16.2. The molecule has 2 aromatic carbocycles. The second-order valence-corrected chi connectivity index (χ2v) is 7.98. The molecule has 0 aromatic heterocycles. The molecule has 1 heterocycles. The van der Waals surface area contributed by atoms with Crippen LogP contribution in [-0.4, -0.2) is 29.2 Å². The summed E-state index contributed by atoms with van der Waals surface area (Å²) in [6.45, 7) is 0.138.